The highest BCUT2D eigenvalue weighted by atomic mass is 16.1. The van der Waals surface area contributed by atoms with Crippen molar-refractivity contribution >= 4 is 5.69 Å². The Balaban J connectivity index is 1.48. The molecule has 0 saturated heterocycles. The van der Waals surface area contributed by atoms with Crippen LogP contribution in [0.1, 0.15) is 30.7 Å². The van der Waals surface area contributed by atoms with Gasteiger partial charge < -0.3 is 9.88 Å². The Labute approximate surface area is 171 Å². The van der Waals surface area contributed by atoms with Gasteiger partial charge in [-0.1, -0.05) is 12.1 Å². The fraction of sp³-hybridized carbons (Fsp3) is 0.348. The molecule has 4 rings (SSSR count). The summed E-state index contributed by atoms with van der Waals surface area (Å²) in [6.07, 6.45) is 4.21. The Morgan fingerprint density at radius 1 is 1.07 bits per heavy atom. The lowest BCUT2D eigenvalue weighted by atomic mass is 10.1. The van der Waals surface area contributed by atoms with Gasteiger partial charge in [0.05, 0.1) is 11.3 Å². The predicted octanol–water partition coefficient (Wildman–Crippen LogP) is 3.24. The van der Waals surface area contributed by atoms with Gasteiger partial charge in [0.2, 0.25) is 0 Å². The maximum absolute atomic E-state index is 12.7. The van der Waals surface area contributed by atoms with Crippen molar-refractivity contribution in [3.05, 3.63) is 76.0 Å². The molecular weight excluding hydrogens is 362 g/mol. The minimum atomic E-state index is -0.0385. The van der Waals surface area contributed by atoms with Crippen LogP contribution in [-0.2, 0) is 19.5 Å². The lowest BCUT2D eigenvalue weighted by Crippen LogP contribution is -2.35. The Kier molecular flexibility index (Phi) is 5.71. The number of nitrogens with one attached hydrogen (secondary N) is 1. The van der Waals surface area contributed by atoms with E-state index in [4.69, 9.17) is 4.98 Å². The Hall–Kier alpha value is -2.99. The van der Waals surface area contributed by atoms with Crippen molar-refractivity contribution < 1.29 is 0 Å². The third-order valence-electron chi connectivity index (χ3n) is 5.57. The van der Waals surface area contributed by atoms with E-state index in [0.717, 1.165) is 49.4 Å². The minimum absolute atomic E-state index is 0.0385. The zero-order chi connectivity index (χ0) is 20.2. The molecule has 3 aromatic rings. The highest BCUT2D eigenvalue weighted by Crippen LogP contribution is 2.21. The van der Waals surface area contributed by atoms with Gasteiger partial charge in [-0.2, -0.15) is 0 Å². The van der Waals surface area contributed by atoms with Gasteiger partial charge in [-0.15, -0.1) is 0 Å². The number of pyridine rings is 1. The van der Waals surface area contributed by atoms with Gasteiger partial charge in [0.25, 0.3) is 5.56 Å². The molecule has 0 aliphatic carbocycles. The van der Waals surface area contributed by atoms with Crippen LogP contribution in [0, 0.1) is 0 Å². The maximum atomic E-state index is 12.7. The number of nitrogens with zero attached hydrogens (tertiary/aromatic N) is 4. The summed E-state index contributed by atoms with van der Waals surface area (Å²) < 4.78 is 0. The number of aromatic nitrogens is 3. The molecule has 6 nitrogen and oxygen atoms in total. The quantitative estimate of drug-likeness (QED) is 0.701. The molecule has 0 spiro atoms. The minimum Gasteiger partial charge on any atom is -0.372 e. The van der Waals surface area contributed by atoms with E-state index in [9.17, 15) is 4.79 Å². The molecule has 0 bridgehead atoms. The first-order valence-corrected chi connectivity index (χ1v) is 10.3. The Morgan fingerprint density at radius 2 is 1.79 bits per heavy atom. The van der Waals surface area contributed by atoms with Crippen LogP contribution in [0.15, 0.2) is 53.6 Å². The molecule has 2 aromatic heterocycles. The first kappa shape index (κ1) is 19.3. The Morgan fingerprint density at radius 3 is 2.48 bits per heavy atom. The first-order chi connectivity index (χ1) is 14.2. The molecule has 0 unspecified atom stereocenters. The van der Waals surface area contributed by atoms with Crippen LogP contribution in [0.3, 0.4) is 0 Å². The van der Waals surface area contributed by atoms with Crippen molar-refractivity contribution in [3.63, 3.8) is 0 Å². The molecular formula is C23H27N5O. The van der Waals surface area contributed by atoms with Gasteiger partial charge in [-0.3, -0.25) is 14.7 Å². The zero-order valence-corrected chi connectivity index (χ0v) is 17.1. The zero-order valence-electron chi connectivity index (χ0n) is 17.1. The standard InChI is InChI=1S/C23H27N5O/c1-3-28(4-2)19-7-5-17(6-8-19)15-27-14-11-21-20(16-27)23(29)26-22(25-21)18-9-12-24-13-10-18/h5-10,12-13H,3-4,11,14-16H2,1-2H3,(H,25,26,29). The average molecular weight is 390 g/mol. The predicted molar refractivity (Wildman–Crippen MR) is 116 cm³/mol. The molecule has 0 atom stereocenters. The number of hydrogen-bond donors (Lipinski definition) is 1. The molecule has 0 saturated carbocycles. The molecule has 1 N–H and O–H groups in total. The highest BCUT2D eigenvalue weighted by molar-refractivity contribution is 5.54. The van der Waals surface area contributed by atoms with E-state index >= 15 is 0 Å². The number of rotatable bonds is 6. The van der Waals surface area contributed by atoms with Crippen LogP contribution in [-0.4, -0.2) is 39.5 Å². The Bertz CT molecular complexity index is 1010. The molecule has 0 fully saturated rings. The second-order valence-corrected chi connectivity index (χ2v) is 7.38. The van der Waals surface area contributed by atoms with Crippen molar-refractivity contribution in [2.75, 3.05) is 24.5 Å². The molecule has 3 heterocycles. The average Bonchev–Trinajstić information content (AvgIpc) is 2.77. The van der Waals surface area contributed by atoms with Crippen LogP contribution >= 0.6 is 0 Å². The van der Waals surface area contributed by atoms with E-state index < -0.39 is 0 Å². The number of hydrogen-bond acceptors (Lipinski definition) is 5. The summed E-state index contributed by atoms with van der Waals surface area (Å²) in [6.45, 7) is 8.74. The fourth-order valence-corrected chi connectivity index (χ4v) is 3.92. The van der Waals surface area contributed by atoms with Gasteiger partial charge in [0, 0.05) is 62.8 Å². The third-order valence-corrected chi connectivity index (χ3v) is 5.57. The highest BCUT2D eigenvalue weighted by Gasteiger charge is 2.21. The monoisotopic (exact) mass is 389 g/mol. The van der Waals surface area contributed by atoms with Crippen LogP contribution in [0.2, 0.25) is 0 Å². The van der Waals surface area contributed by atoms with Crippen molar-refractivity contribution in [1.29, 1.82) is 0 Å². The number of anilines is 1. The van der Waals surface area contributed by atoms with Crippen LogP contribution in [0.4, 0.5) is 5.69 Å². The molecule has 6 heteroatoms. The molecule has 1 aromatic carbocycles. The first-order valence-electron chi connectivity index (χ1n) is 10.3. The largest absolute Gasteiger partial charge is 0.372 e. The SMILES string of the molecule is CCN(CC)c1ccc(CN2CCc3nc(-c4ccncc4)[nH]c(=O)c3C2)cc1. The molecule has 150 valence electrons. The summed E-state index contributed by atoms with van der Waals surface area (Å²) in [7, 11) is 0. The normalized spacial score (nSPS) is 13.9. The number of benzene rings is 1. The lowest BCUT2D eigenvalue weighted by Gasteiger charge is -2.28. The van der Waals surface area contributed by atoms with Crippen molar-refractivity contribution in [2.24, 2.45) is 0 Å². The molecule has 0 radical (unpaired) electrons. The van der Waals surface area contributed by atoms with E-state index in [1.54, 1.807) is 12.4 Å². The van der Waals surface area contributed by atoms with Gasteiger partial charge in [-0.25, -0.2) is 4.98 Å². The van der Waals surface area contributed by atoms with E-state index in [1.807, 2.05) is 12.1 Å². The summed E-state index contributed by atoms with van der Waals surface area (Å²) in [5.41, 5.74) is 5.07. The molecule has 29 heavy (non-hydrogen) atoms. The van der Waals surface area contributed by atoms with Crippen molar-refractivity contribution in [2.45, 2.75) is 33.4 Å². The summed E-state index contributed by atoms with van der Waals surface area (Å²) >= 11 is 0. The van der Waals surface area contributed by atoms with E-state index in [-0.39, 0.29) is 5.56 Å². The van der Waals surface area contributed by atoms with Gasteiger partial charge in [0.1, 0.15) is 5.82 Å². The van der Waals surface area contributed by atoms with Crippen LogP contribution in [0.25, 0.3) is 11.4 Å². The molecule has 0 amide bonds. The van der Waals surface area contributed by atoms with Gasteiger partial charge in [0.15, 0.2) is 0 Å². The van der Waals surface area contributed by atoms with E-state index in [0.29, 0.717) is 12.4 Å². The molecule has 1 aliphatic rings. The number of fused-ring (bicyclic) bond motifs is 1. The van der Waals surface area contributed by atoms with Crippen molar-refractivity contribution in [1.82, 2.24) is 19.9 Å². The van der Waals surface area contributed by atoms with E-state index in [2.05, 4.69) is 57.9 Å². The fourth-order valence-electron chi connectivity index (χ4n) is 3.92. The summed E-state index contributed by atoms with van der Waals surface area (Å²) in [6, 6.07) is 12.5. The summed E-state index contributed by atoms with van der Waals surface area (Å²) in [5.74, 6) is 0.622. The lowest BCUT2D eigenvalue weighted by molar-refractivity contribution is 0.242. The van der Waals surface area contributed by atoms with Crippen molar-refractivity contribution in [3.8, 4) is 11.4 Å². The second-order valence-electron chi connectivity index (χ2n) is 7.38. The van der Waals surface area contributed by atoms with Gasteiger partial charge >= 0.3 is 0 Å². The second kappa shape index (κ2) is 8.57. The number of H-pyrrole nitrogens is 1. The van der Waals surface area contributed by atoms with Crippen LogP contribution in [0.5, 0.6) is 0 Å². The van der Waals surface area contributed by atoms with Crippen LogP contribution < -0.4 is 10.5 Å². The topological polar surface area (TPSA) is 65.1 Å². The molecule has 1 aliphatic heterocycles. The van der Waals surface area contributed by atoms with Gasteiger partial charge in [-0.05, 0) is 43.7 Å². The summed E-state index contributed by atoms with van der Waals surface area (Å²) in [4.78, 5) is 29.0. The number of aromatic amines is 1. The maximum Gasteiger partial charge on any atom is 0.255 e. The summed E-state index contributed by atoms with van der Waals surface area (Å²) in [5, 5.41) is 0. The smallest absolute Gasteiger partial charge is 0.255 e. The van der Waals surface area contributed by atoms with E-state index in [1.165, 1.54) is 11.3 Å². The third kappa shape index (κ3) is 4.22.